The van der Waals surface area contributed by atoms with E-state index >= 15 is 0 Å². The van der Waals surface area contributed by atoms with Gasteiger partial charge < -0.3 is 14.6 Å². The molecular formula is C16H18N2O2. The second-order valence-corrected chi connectivity index (χ2v) is 5.14. The first-order valence-electron chi connectivity index (χ1n) is 6.86. The van der Waals surface area contributed by atoms with Gasteiger partial charge in [0.1, 0.15) is 5.75 Å². The number of hydrogen-bond acceptors (Lipinski definition) is 2. The molecule has 1 unspecified atom stereocenters. The minimum atomic E-state index is -0.370. The number of aromatic nitrogens is 1. The summed E-state index contributed by atoms with van der Waals surface area (Å²) < 4.78 is 5.83. The number of nitrogens with zero attached hydrogens (tertiary/aromatic N) is 1. The molecule has 0 bridgehead atoms. The number of nitrogens with one attached hydrogen (secondary N) is 1. The summed E-state index contributed by atoms with van der Waals surface area (Å²) in [5.41, 5.74) is 2.21. The number of para-hydroxylation sites is 1. The fourth-order valence-corrected chi connectivity index (χ4v) is 2.54. The lowest BCUT2D eigenvalue weighted by molar-refractivity contribution is -0.138. The van der Waals surface area contributed by atoms with Gasteiger partial charge in [-0.05, 0) is 36.6 Å². The molecule has 2 aromatic rings. The van der Waals surface area contributed by atoms with Crippen LogP contribution in [0.25, 0.3) is 0 Å². The van der Waals surface area contributed by atoms with Crippen molar-refractivity contribution in [1.82, 2.24) is 9.88 Å². The number of amides is 1. The Hall–Kier alpha value is -2.23. The quantitative estimate of drug-likeness (QED) is 0.930. The van der Waals surface area contributed by atoms with Gasteiger partial charge in [0.2, 0.25) is 0 Å². The number of ether oxygens (including phenoxy) is 1. The molecule has 1 aromatic carbocycles. The summed E-state index contributed by atoms with van der Waals surface area (Å²) >= 11 is 0. The van der Waals surface area contributed by atoms with E-state index in [0.717, 1.165) is 24.3 Å². The topological polar surface area (TPSA) is 45.3 Å². The third kappa shape index (κ3) is 2.54. The highest BCUT2D eigenvalue weighted by atomic mass is 16.5. The van der Waals surface area contributed by atoms with Crippen LogP contribution in [-0.2, 0) is 17.8 Å². The highest BCUT2D eigenvalue weighted by Crippen LogP contribution is 2.27. The number of hydrogen-bond donors (Lipinski definition) is 1. The van der Waals surface area contributed by atoms with Gasteiger partial charge in [0.15, 0.2) is 6.10 Å². The fraction of sp³-hybridized carbons (Fsp3) is 0.312. The van der Waals surface area contributed by atoms with Crippen LogP contribution in [0, 0.1) is 0 Å². The molecular weight excluding hydrogens is 252 g/mol. The van der Waals surface area contributed by atoms with E-state index < -0.39 is 0 Å². The highest BCUT2D eigenvalue weighted by Gasteiger charge is 2.28. The van der Waals surface area contributed by atoms with Gasteiger partial charge in [0.25, 0.3) is 5.91 Å². The van der Waals surface area contributed by atoms with E-state index in [9.17, 15) is 4.79 Å². The Bertz CT molecular complexity index is 592. The zero-order valence-electron chi connectivity index (χ0n) is 11.5. The van der Waals surface area contributed by atoms with Gasteiger partial charge in [-0.15, -0.1) is 0 Å². The number of aromatic amines is 1. The lowest BCUT2D eigenvalue weighted by Gasteiger charge is -2.28. The highest BCUT2D eigenvalue weighted by molar-refractivity contribution is 5.81. The Labute approximate surface area is 118 Å². The van der Waals surface area contributed by atoms with Crippen molar-refractivity contribution in [3.05, 3.63) is 53.9 Å². The van der Waals surface area contributed by atoms with E-state index in [-0.39, 0.29) is 12.0 Å². The summed E-state index contributed by atoms with van der Waals surface area (Å²) in [5.74, 6) is 0.875. The minimum Gasteiger partial charge on any atom is -0.480 e. The molecule has 3 rings (SSSR count). The molecule has 2 heterocycles. The number of carbonyl (C=O) groups excluding carboxylic acids is 1. The number of H-pyrrole nitrogens is 1. The van der Waals surface area contributed by atoms with E-state index in [4.69, 9.17) is 4.74 Å². The van der Waals surface area contributed by atoms with E-state index in [0.29, 0.717) is 6.54 Å². The smallest absolute Gasteiger partial charge is 0.263 e. The van der Waals surface area contributed by atoms with Crippen molar-refractivity contribution in [2.75, 3.05) is 7.05 Å². The third-order valence-electron chi connectivity index (χ3n) is 3.64. The molecule has 1 aliphatic heterocycles. The van der Waals surface area contributed by atoms with E-state index in [1.807, 2.05) is 43.6 Å². The van der Waals surface area contributed by atoms with Gasteiger partial charge in [0, 0.05) is 18.9 Å². The van der Waals surface area contributed by atoms with Crippen LogP contribution < -0.4 is 4.74 Å². The molecule has 1 N–H and O–H groups in total. The molecule has 104 valence electrons. The zero-order chi connectivity index (χ0) is 13.9. The van der Waals surface area contributed by atoms with E-state index in [2.05, 4.69) is 11.1 Å². The Morgan fingerprint density at radius 2 is 2.20 bits per heavy atom. The van der Waals surface area contributed by atoms with Crippen molar-refractivity contribution in [1.29, 1.82) is 0 Å². The molecule has 1 aliphatic rings. The van der Waals surface area contributed by atoms with Crippen molar-refractivity contribution in [3.8, 4) is 5.75 Å². The summed E-state index contributed by atoms with van der Waals surface area (Å²) in [7, 11) is 1.81. The summed E-state index contributed by atoms with van der Waals surface area (Å²) in [6, 6.07) is 11.8. The molecule has 0 fully saturated rings. The first-order chi connectivity index (χ1) is 9.74. The first kappa shape index (κ1) is 12.8. The average molecular weight is 270 g/mol. The van der Waals surface area contributed by atoms with Crippen molar-refractivity contribution >= 4 is 5.91 Å². The van der Waals surface area contributed by atoms with Crippen LogP contribution in [0.1, 0.15) is 17.7 Å². The molecule has 4 heteroatoms. The van der Waals surface area contributed by atoms with Crippen LogP contribution in [0.2, 0.25) is 0 Å². The van der Waals surface area contributed by atoms with Crippen molar-refractivity contribution < 1.29 is 9.53 Å². The molecule has 0 radical (unpaired) electrons. The predicted molar refractivity (Wildman–Crippen MR) is 76.4 cm³/mol. The number of carbonyl (C=O) groups is 1. The Kier molecular flexibility index (Phi) is 3.46. The minimum absolute atomic E-state index is 0.0362. The SMILES string of the molecule is CN(Cc1ccc[nH]1)C(=O)C1CCc2ccccc2O1. The van der Waals surface area contributed by atoms with Gasteiger partial charge in [-0.25, -0.2) is 0 Å². The van der Waals surface area contributed by atoms with Crippen molar-refractivity contribution in [2.45, 2.75) is 25.5 Å². The standard InChI is InChI=1S/C16H18N2O2/c1-18(11-13-6-4-10-17-13)16(19)15-9-8-12-5-2-3-7-14(12)20-15/h2-7,10,15,17H,8-9,11H2,1H3. The zero-order valence-corrected chi connectivity index (χ0v) is 11.5. The third-order valence-corrected chi connectivity index (χ3v) is 3.64. The van der Waals surface area contributed by atoms with Gasteiger partial charge in [-0.2, -0.15) is 0 Å². The van der Waals surface area contributed by atoms with Gasteiger partial charge >= 0.3 is 0 Å². The number of fused-ring (bicyclic) bond motifs is 1. The lowest BCUT2D eigenvalue weighted by Crippen LogP contribution is -2.41. The fourth-order valence-electron chi connectivity index (χ4n) is 2.54. The molecule has 20 heavy (non-hydrogen) atoms. The molecule has 0 saturated heterocycles. The van der Waals surface area contributed by atoms with Crippen LogP contribution in [0.5, 0.6) is 5.75 Å². The number of benzene rings is 1. The predicted octanol–water partition coefficient (Wildman–Crippen LogP) is 2.37. The van der Waals surface area contributed by atoms with Crippen LogP contribution in [0.4, 0.5) is 0 Å². The molecule has 1 amide bonds. The second kappa shape index (κ2) is 5.41. The maximum atomic E-state index is 12.4. The van der Waals surface area contributed by atoms with Crippen LogP contribution in [0.3, 0.4) is 0 Å². The summed E-state index contributed by atoms with van der Waals surface area (Å²) in [4.78, 5) is 17.2. The van der Waals surface area contributed by atoms with Gasteiger partial charge in [-0.3, -0.25) is 4.79 Å². The Morgan fingerprint density at radius 1 is 1.35 bits per heavy atom. The normalized spacial score (nSPS) is 17.1. The average Bonchev–Trinajstić information content (AvgIpc) is 2.99. The number of rotatable bonds is 3. The number of likely N-dealkylation sites (N-methyl/N-ethyl adjacent to an activating group) is 1. The summed E-state index contributed by atoms with van der Waals surface area (Å²) in [6.07, 6.45) is 3.12. The molecule has 1 atom stereocenters. The van der Waals surface area contributed by atoms with Crippen LogP contribution in [-0.4, -0.2) is 28.9 Å². The molecule has 0 aliphatic carbocycles. The van der Waals surface area contributed by atoms with Gasteiger partial charge in [-0.1, -0.05) is 18.2 Å². The second-order valence-electron chi connectivity index (χ2n) is 5.14. The number of aryl methyl sites for hydroxylation is 1. The van der Waals surface area contributed by atoms with E-state index in [1.54, 1.807) is 4.90 Å². The lowest BCUT2D eigenvalue weighted by atomic mass is 10.0. The summed E-state index contributed by atoms with van der Waals surface area (Å²) in [5, 5.41) is 0. The summed E-state index contributed by atoms with van der Waals surface area (Å²) in [6.45, 7) is 0.577. The van der Waals surface area contributed by atoms with Gasteiger partial charge in [0.05, 0.1) is 6.54 Å². The molecule has 0 saturated carbocycles. The van der Waals surface area contributed by atoms with E-state index in [1.165, 1.54) is 5.56 Å². The maximum Gasteiger partial charge on any atom is 0.263 e. The molecule has 4 nitrogen and oxygen atoms in total. The Balaban J connectivity index is 1.66. The maximum absolute atomic E-state index is 12.4. The largest absolute Gasteiger partial charge is 0.480 e. The molecule has 1 aromatic heterocycles. The van der Waals surface area contributed by atoms with Crippen LogP contribution in [0.15, 0.2) is 42.6 Å². The first-order valence-corrected chi connectivity index (χ1v) is 6.86. The Morgan fingerprint density at radius 3 is 3.00 bits per heavy atom. The molecule has 0 spiro atoms. The van der Waals surface area contributed by atoms with Crippen molar-refractivity contribution in [2.24, 2.45) is 0 Å². The van der Waals surface area contributed by atoms with Crippen molar-refractivity contribution in [3.63, 3.8) is 0 Å². The van der Waals surface area contributed by atoms with Crippen LogP contribution >= 0.6 is 0 Å². The monoisotopic (exact) mass is 270 g/mol.